The van der Waals surface area contributed by atoms with Crippen molar-refractivity contribution in [3.8, 4) is 5.75 Å². The van der Waals surface area contributed by atoms with Crippen molar-refractivity contribution in [2.75, 3.05) is 13.7 Å². The molecule has 1 heterocycles. The van der Waals surface area contributed by atoms with E-state index in [9.17, 15) is 4.79 Å². The molecule has 0 bridgehead atoms. The molecule has 22 heavy (non-hydrogen) atoms. The van der Waals surface area contributed by atoms with Gasteiger partial charge in [0.1, 0.15) is 5.75 Å². The van der Waals surface area contributed by atoms with E-state index in [1.165, 1.54) is 0 Å². The average molecular weight is 382 g/mol. The molecule has 118 valence electrons. The van der Waals surface area contributed by atoms with Crippen LogP contribution in [0.4, 0.5) is 0 Å². The molecule has 0 aliphatic rings. The number of rotatable bonds is 6. The summed E-state index contributed by atoms with van der Waals surface area (Å²) in [6.07, 6.45) is 0.385. The molecule has 0 N–H and O–H groups in total. The molecule has 1 amide bonds. The van der Waals surface area contributed by atoms with Gasteiger partial charge in [0.15, 0.2) is 0 Å². The number of benzene rings is 1. The second-order valence-corrected chi connectivity index (χ2v) is 7.87. The van der Waals surface area contributed by atoms with Crippen molar-refractivity contribution in [1.82, 2.24) is 4.90 Å². The summed E-state index contributed by atoms with van der Waals surface area (Å²) in [6, 6.07) is 10.1. The van der Waals surface area contributed by atoms with Gasteiger partial charge in [-0.05, 0) is 59.1 Å². The second kappa shape index (κ2) is 7.79. The third-order valence-corrected chi connectivity index (χ3v) is 4.97. The van der Waals surface area contributed by atoms with Gasteiger partial charge in [0.25, 0.3) is 0 Å². The van der Waals surface area contributed by atoms with Crippen LogP contribution in [0.1, 0.15) is 22.4 Å². The van der Waals surface area contributed by atoms with Gasteiger partial charge < -0.3 is 9.64 Å². The lowest BCUT2D eigenvalue weighted by Gasteiger charge is -2.17. The minimum absolute atomic E-state index is 0.0924. The highest BCUT2D eigenvalue weighted by Crippen LogP contribution is 2.23. The highest BCUT2D eigenvalue weighted by molar-refractivity contribution is 9.11. The third kappa shape index (κ3) is 4.85. The number of halogens is 1. The summed E-state index contributed by atoms with van der Waals surface area (Å²) in [7, 11) is 1.83. The van der Waals surface area contributed by atoms with E-state index in [4.69, 9.17) is 4.74 Å². The molecule has 1 aromatic carbocycles. The summed E-state index contributed by atoms with van der Waals surface area (Å²) in [6.45, 7) is 5.09. The Morgan fingerprint density at radius 2 is 2.05 bits per heavy atom. The summed E-state index contributed by atoms with van der Waals surface area (Å²) < 4.78 is 6.83. The number of hydrogen-bond acceptors (Lipinski definition) is 3. The lowest BCUT2D eigenvalue weighted by Crippen LogP contribution is -2.27. The maximum atomic E-state index is 12.1. The van der Waals surface area contributed by atoms with Crippen LogP contribution >= 0.6 is 27.3 Å². The summed E-state index contributed by atoms with van der Waals surface area (Å²) in [5, 5.41) is 0. The van der Waals surface area contributed by atoms with Crippen LogP contribution in [0.25, 0.3) is 0 Å². The van der Waals surface area contributed by atoms with Gasteiger partial charge in [-0.15, -0.1) is 11.3 Å². The van der Waals surface area contributed by atoms with Gasteiger partial charge in [-0.3, -0.25) is 4.79 Å². The molecule has 2 aromatic rings. The largest absolute Gasteiger partial charge is 0.493 e. The standard InChI is InChI=1S/C17H20BrNO2S/c1-12-4-5-13(2)15(10-12)21-9-8-17(20)19(3)11-14-6-7-16(18)22-14/h4-7,10H,8-9,11H2,1-3H3. The lowest BCUT2D eigenvalue weighted by atomic mass is 10.1. The van der Waals surface area contributed by atoms with E-state index in [1.807, 2.05) is 45.2 Å². The highest BCUT2D eigenvalue weighted by Gasteiger charge is 2.11. The summed E-state index contributed by atoms with van der Waals surface area (Å²) in [4.78, 5) is 15.0. The minimum Gasteiger partial charge on any atom is -0.493 e. The fraction of sp³-hybridized carbons (Fsp3) is 0.353. The van der Waals surface area contributed by atoms with Crippen LogP contribution in [-0.2, 0) is 11.3 Å². The molecule has 0 aliphatic carbocycles. The number of ether oxygens (including phenoxy) is 1. The van der Waals surface area contributed by atoms with Crippen LogP contribution in [0.2, 0.25) is 0 Å². The zero-order valence-electron chi connectivity index (χ0n) is 13.1. The van der Waals surface area contributed by atoms with Crippen LogP contribution in [0.3, 0.4) is 0 Å². The number of amides is 1. The molecular weight excluding hydrogens is 362 g/mol. The smallest absolute Gasteiger partial charge is 0.226 e. The van der Waals surface area contributed by atoms with E-state index in [0.29, 0.717) is 19.6 Å². The monoisotopic (exact) mass is 381 g/mol. The van der Waals surface area contributed by atoms with E-state index in [-0.39, 0.29) is 5.91 Å². The van der Waals surface area contributed by atoms with Crippen LogP contribution in [-0.4, -0.2) is 24.5 Å². The molecular formula is C17H20BrNO2S. The highest BCUT2D eigenvalue weighted by atomic mass is 79.9. The molecule has 0 saturated heterocycles. The molecule has 0 spiro atoms. The fourth-order valence-corrected chi connectivity index (χ4v) is 3.60. The van der Waals surface area contributed by atoms with Crippen LogP contribution in [0.5, 0.6) is 5.75 Å². The van der Waals surface area contributed by atoms with Gasteiger partial charge in [-0.1, -0.05) is 12.1 Å². The maximum absolute atomic E-state index is 12.1. The third-order valence-electron chi connectivity index (χ3n) is 3.36. The molecule has 5 heteroatoms. The number of aryl methyl sites for hydroxylation is 2. The maximum Gasteiger partial charge on any atom is 0.226 e. The quantitative estimate of drug-likeness (QED) is 0.733. The van der Waals surface area contributed by atoms with Crippen molar-refractivity contribution < 1.29 is 9.53 Å². The molecule has 0 saturated carbocycles. The average Bonchev–Trinajstić information content (AvgIpc) is 2.87. The minimum atomic E-state index is 0.0924. The van der Waals surface area contributed by atoms with Crippen LogP contribution in [0.15, 0.2) is 34.1 Å². The summed E-state index contributed by atoms with van der Waals surface area (Å²) in [5.74, 6) is 0.951. The fourth-order valence-electron chi connectivity index (χ4n) is 2.06. The number of nitrogens with zero attached hydrogens (tertiary/aromatic N) is 1. The first kappa shape index (κ1) is 17.0. The Kier molecular flexibility index (Phi) is 6.03. The van der Waals surface area contributed by atoms with Crippen LogP contribution < -0.4 is 4.74 Å². The van der Waals surface area contributed by atoms with E-state index in [1.54, 1.807) is 16.2 Å². The van der Waals surface area contributed by atoms with Crippen molar-refractivity contribution in [2.45, 2.75) is 26.8 Å². The Morgan fingerprint density at radius 3 is 2.73 bits per heavy atom. The number of carbonyl (C=O) groups is 1. The Hall–Kier alpha value is -1.33. The summed E-state index contributed by atoms with van der Waals surface area (Å²) >= 11 is 5.08. The zero-order chi connectivity index (χ0) is 16.1. The van der Waals surface area contributed by atoms with E-state index in [0.717, 1.165) is 25.5 Å². The lowest BCUT2D eigenvalue weighted by molar-refractivity contribution is -0.130. The van der Waals surface area contributed by atoms with Gasteiger partial charge in [0.05, 0.1) is 23.4 Å². The van der Waals surface area contributed by atoms with Crippen molar-refractivity contribution >= 4 is 33.2 Å². The van der Waals surface area contributed by atoms with E-state index >= 15 is 0 Å². The Labute approximate surface area is 144 Å². The van der Waals surface area contributed by atoms with Crippen molar-refractivity contribution in [3.05, 3.63) is 50.1 Å². The topological polar surface area (TPSA) is 29.5 Å². The second-order valence-electron chi connectivity index (χ2n) is 5.32. The molecule has 1 aromatic heterocycles. The number of hydrogen-bond donors (Lipinski definition) is 0. The first-order valence-electron chi connectivity index (χ1n) is 7.14. The Bertz CT molecular complexity index is 654. The predicted octanol–water partition coefficient (Wildman–Crippen LogP) is 4.55. The van der Waals surface area contributed by atoms with Gasteiger partial charge in [0.2, 0.25) is 5.91 Å². The molecule has 0 atom stereocenters. The SMILES string of the molecule is Cc1ccc(C)c(OCCC(=O)N(C)Cc2ccc(Br)s2)c1. The molecule has 3 nitrogen and oxygen atoms in total. The first-order valence-corrected chi connectivity index (χ1v) is 8.75. The van der Waals surface area contributed by atoms with Gasteiger partial charge in [0, 0.05) is 11.9 Å². The zero-order valence-corrected chi connectivity index (χ0v) is 15.5. The normalized spacial score (nSPS) is 10.5. The Balaban J connectivity index is 1.80. The number of thiophene rings is 1. The summed E-state index contributed by atoms with van der Waals surface area (Å²) in [5.41, 5.74) is 2.25. The van der Waals surface area contributed by atoms with Crippen molar-refractivity contribution in [2.24, 2.45) is 0 Å². The first-order chi connectivity index (χ1) is 10.5. The molecule has 0 aliphatic heterocycles. The van der Waals surface area contributed by atoms with E-state index in [2.05, 4.69) is 22.0 Å². The molecule has 2 rings (SSSR count). The molecule has 0 radical (unpaired) electrons. The number of carbonyl (C=O) groups excluding carboxylic acids is 1. The van der Waals surface area contributed by atoms with Gasteiger partial charge >= 0.3 is 0 Å². The van der Waals surface area contributed by atoms with Gasteiger partial charge in [-0.25, -0.2) is 0 Å². The molecule has 0 unspecified atom stereocenters. The molecule has 0 fully saturated rings. The van der Waals surface area contributed by atoms with Crippen molar-refractivity contribution in [1.29, 1.82) is 0 Å². The predicted molar refractivity (Wildman–Crippen MR) is 94.5 cm³/mol. The van der Waals surface area contributed by atoms with Crippen molar-refractivity contribution in [3.63, 3.8) is 0 Å². The van der Waals surface area contributed by atoms with Gasteiger partial charge in [-0.2, -0.15) is 0 Å². The van der Waals surface area contributed by atoms with Crippen LogP contribution in [0, 0.1) is 13.8 Å². The Morgan fingerprint density at radius 1 is 1.27 bits per heavy atom. The van der Waals surface area contributed by atoms with E-state index < -0.39 is 0 Å².